The van der Waals surface area contributed by atoms with Gasteiger partial charge in [-0.25, -0.2) is 4.79 Å². The maximum atomic E-state index is 11.4. The number of likely N-dealkylation sites (N-methyl/N-ethyl adjacent to an activating group) is 1. The van der Waals surface area contributed by atoms with Gasteiger partial charge in [0.25, 0.3) is 0 Å². The number of hydrogen-bond donors (Lipinski definition) is 1. The summed E-state index contributed by atoms with van der Waals surface area (Å²) in [6.07, 6.45) is -0.461. The van der Waals surface area contributed by atoms with Crippen LogP contribution in [0, 0.1) is 0 Å². The van der Waals surface area contributed by atoms with E-state index in [0.717, 1.165) is 0 Å². The molecule has 6 heteroatoms. The van der Waals surface area contributed by atoms with E-state index in [1.54, 1.807) is 7.11 Å². The number of cyclic esters (lactones) is 1. The van der Waals surface area contributed by atoms with Crippen molar-refractivity contribution >= 4 is 12.0 Å². The Kier molecular flexibility index (Phi) is 3.70. The third-order valence-corrected chi connectivity index (χ3v) is 2.03. The summed E-state index contributed by atoms with van der Waals surface area (Å²) in [6, 6.07) is -0.514. The van der Waals surface area contributed by atoms with E-state index in [2.05, 4.69) is 5.32 Å². The summed E-state index contributed by atoms with van der Waals surface area (Å²) in [6.45, 7) is 1.01. The van der Waals surface area contributed by atoms with E-state index in [0.29, 0.717) is 13.2 Å². The van der Waals surface area contributed by atoms with Gasteiger partial charge in [-0.2, -0.15) is 0 Å². The summed E-state index contributed by atoms with van der Waals surface area (Å²) >= 11 is 0. The fourth-order valence-corrected chi connectivity index (χ4v) is 1.14. The average Bonchev–Trinajstić information content (AvgIpc) is 2.48. The molecule has 0 radical (unpaired) electrons. The predicted molar refractivity (Wildman–Crippen MR) is 47.8 cm³/mol. The van der Waals surface area contributed by atoms with Crippen LogP contribution in [0.25, 0.3) is 0 Å². The van der Waals surface area contributed by atoms with Crippen molar-refractivity contribution in [2.75, 3.05) is 33.9 Å². The van der Waals surface area contributed by atoms with Crippen molar-refractivity contribution in [2.45, 2.75) is 6.04 Å². The van der Waals surface area contributed by atoms with E-state index in [4.69, 9.17) is 9.47 Å². The van der Waals surface area contributed by atoms with E-state index in [1.165, 1.54) is 11.9 Å². The first-order valence-electron chi connectivity index (χ1n) is 4.33. The third kappa shape index (κ3) is 2.35. The Morgan fingerprint density at radius 2 is 2.50 bits per heavy atom. The number of nitrogens with one attached hydrogen (secondary N) is 1. The average molecular weight is 202 g/mol. The molecule has 1 N–H and O–H groups in total. The Bertz CT molecular complexity index is 231. The minimum atomic E-state index is -0.514. The zero-order chi connectivity index (χ0) is 10.6. The minimum Gasteiger partial charge on any atom is -0.447 e. The molecule has 1 atom stereocenters. The summed E-state index contributed by atoms with van der Waals surface area (Å²) in [5.41, 5.74) is 0. The lowest BCUT2D eigenvalue weighted by molar-refractivity contribution is -0.124. The predicted octanol–water partition coefficient (Wildman–Crippen LogP) is -0.800. The Balaban J connectivity index is 2.34. The van der Waals surface area contributed by atoms with E-state index in [9.17, 15) is 9.59 Å². The molecular weight excluding hydrogens is 188 g/mol. The van der Waals surface area contributed by atoms with Crippen LogP contribution in [-0.4, -0.2) is 56.9 Å². The van der Waals surface area contributed by atoms with Gasteiger partial charge in [0, 0.05) is 20.7 Å². The normalized spacial score (nSPS) is 20.9. The number of rotatable bonds is 4. The van der Waals surface area contributed by atoms with Crippen LogP contribution < -0.4 is 5.32 Å². The summed E-state index contributed by atoms with van der Waals surface area (Å²) in [4.78, 5) is 23.6. The van der Waals surface area contributed by atoms with Crippen molar-refractivity contribution < 1.29 is 19.1 Å². The lowest BCUT2D eigenvalue weighted by Crippen LogP contribution is -2.44. The summed E-state index contributed by atoms with van der Waals surface area (Å²) in [5.74, 6) is -0.213. The zero-order valence-corrected chi connectivity index (χ0v) is 8.28. The van der Waals surface area contributed by atoms with Crippen molar-refractivity contribution in [2.24, 2.45) is 0 Å². The number of carbonyl (C=O) groups excluding carboxylic acids is 2. The highest BCUT2D eigenvalue weighted by Crippen LogP contribution is 2.08. The Hall–Kier alpha value is -1.30. The van der Waals surface area contributed by atoms with Crippen molar-refractivity contribution in [3.63, 3.8) is 0 Å². The smallest absolute Gasteiger partial charge is 0.410 e. The molecule has 80 valence electrons. The van der Waals surface area contributed by atoms with Crippen LogP contribution in [0.1, 0.15) is 0 Å². The van der Waals surface area contributed by atoms with E-state index < -0.39 is 12.1 Å². The van der Waals surface area contributed by atoms with Crippen LogP contribution in [0.2, 0.25) is 0 Å². The molecule has 1 saturated heterocycles. The SMILES string of the molecule is COCCNC(=O)C1COC(=O)N1C. The molecule has 0 bridgehead atoms. The monoisotopic (exact) mass is 202 g/mol. The van der Waals surface area contributed by atoms with Gasteiger partial charge in [-0.1, -0.05) is 0 Å². The standard InChI is InChI=1S/C8H14N2O4/c1-10-6(5-14-8(10)12)7(11)9-3-4-13-2/h6H,3-5H2,1-2H3,(H,9,11). The molecule has 1 fully saturated rings. The Morgan fingerprint density at radius 3 is 3.00 bits per heavy atom. The molecule has 0 aromatic rings. The molecule has 14 heavy (non-hydrogen) atoms. The van der Waals surface area contributed by atoms with Crippen molar-refractivity contribution in [1.29, 1.82) is 0 Å². The van der Waals surface area contributed by atoms with Gasteiger partial charge >= 0.3 is 6.09 Å². The summed E-state index contributed by atoms with van der Waals surface area (Å²) < 4.78 is 9.48. The molecule has 0 aromatic carbocycles. The highest BCUT2D eigenvalue weighted by Gasteiger charge is 2.34. The Morgan fingerprint density at radius 1 is 1.79 bits per heavy atom. The molecule has 1 rings (SSSR count). The number of nitrogens with zero attached hydrogens (tertiary/aromatic N) is 1. The van der Waals surface area contributed by atoms with Crippen LogP contribution in [-0.2, 0) is 14.3 Å². The maximum absolute atomic E-state index is 11.4. The molecule has 1 unspecified atom stereocenters. The highest BCUT2D eigenvalue weighted by atomic mass is 16.6. The van der Waals surface area contributed by atoms with Crippen LogP contribution >= 0.6 is 0 Å². The molecule has 6 nitrogen and oxygen atoms in total. The first-order valence-corrected chi connectivity index (χ1v) is 4.33. The fraction of sp³-hybridized carbons (Fsp3) is 0.750. The molecular formula is C8H14N2O4. The minimum absolute atomic E-state index is 0.119. The van der Waals surface area contributed by atoms with Crippen LogP contribution in [0.3, 0.4) is 0 Å². The van der Waals surface area contributed by atoms with Gasteiger partial charge in [0.1, 0.15) is 12.6 Å². The lowest BCUT2D eigenvalue weighted by Gasteiger charge is -2.15. The molecule has 0 spiro atoms. The van der Waals surface area contributed by atoms with Gasteiger partial charge in [-0.15, -0.1) is 0 Å². The number of ether oxygens (including phenoxy) is 2. The molecule has 0 aromatic heterocycles. The van der Waals surface area contributed by atoms with Crippen LogP contribution in [0.5, 0.6) is 0 Å². The molecule has 2 amide bonds. The molecule has 1 aliphatic heterocycles. The molecule has 1 heterocycles. The topological polar surface area (TPSA) is 67.9 Å². The van der Waals surface area contributed by atoms with Gasteiger partial charge < -0.3 is 14.8 Å². The highest BCUT2D eigenvalue weighted by molar-refractivity contribution is 5.87. The van der Waals surface area contributed by atoms with Gasteiger partial charge in [0.05, 0.1) is 6.61 Å². The van der Waals surface area contributed by atoms with Gasteiger partial charge in [0.15, 0.2) is 0 Å². The van der Waals surface area contributed by atoms with Gasteiger partial charge in [-0.05, 0) is 0 Å². The van der Waals surface area contributed by atoms with Crippen molar-refractivity contribution in [3.05, 3.63) is 0 Å². The number of carbonyl (C=O) groups is 2. The number of hydrogen-bond acceptors (Lipinski definition) is 4. The van der Waals surface area contributed by atoms with Crippen LogP contribution in [0.4, 0.5) is 4.79 Å². The second-order valence-electron chi connectivity index (χ2n) is 2.99. The Labute approximate surface area is 82.1 Å². The van der Waals surface area contributed by atoms with E-state index in [1.807, 2.05) is 0 Å². The zero-order valence-electron chi connectivity index (χ0n) is 8.28. The quantitative estimate of drug-likeness (QED) is 0.606. The summed E-state index contributed by atoms with van der Waals surface area (Å²) in [7, 11) is 3.09. The maximum Gasteiger partial charge on any atom is 0.410 e. The van der Waals surface area contributed by atoms with Crippen molar-refractivity contribution in [3.8, 4) is 0 Å². The molecule has 1 aliphatic rings. The first kappa shape index (κ1) is 10.8. The number of amides is 2. The molecule has 0 aliphatic carbocycles. The summed E-state index contributed by atoms with van der Waals surface area (Å²) in [5, 5.41) is 2.64. The second kappa shape index (κ2) is 4.80. The largest absolute Gasteiger partial charge is 0.447 e. The lowest BCUT2D eigenvalue weighted by atomic mass is 10.3. The van der Waals surface area contributed by atoms with Gasteiger partial charge in [-0.3, -0.25) is 9.69 Å². The van der Waals surface area contributed by atoms with Gasteiger partial charge in [0.2, 0.25) is 5.91 Å². The third-order valence-electron chi connectivity index (χ3n) is 2.03. The van der Waals surface area contributed by atoms with Crippen molar-refractivity contribution in [1.82, 2.24) is 10.2 Å². The second-order valence-corrected chi connectivity index (χ2v) is 2.99. The van der Waals surface area contributed by atoms with E-state index in [-0.39, 0.29) is 12.5 Å². The number of methoxy groups -OCH3 is 1. The molecule has 0 saturated carbocycles. The van der Waals surface area contributed by atoms with E-state index >= 15 is 0 Å². The first-order chi connectivity index (χ1) is 6.66. The fourth-order valence-electron chi connectivity index (χ4n) is 1.14. The van der Waals surface area contributed by atoms with Crippen LogP contribution in [0.15, 0.2) is 0 Å².